The maximum absolute atomic E-state index is 14.4. The summed E-state index contributed by atoms with van der Waals surface area (Å²) in [6.07, 6.45) is -3.86. The monoisotopic (exact) mass is 396 g/mol. The molecule has 1 aliphatic carbocycles. The van der Waals surface area contributed by atoms with Crippen LogP contribution < -0.4 is 11.0 Å². The Labute approximate surface area is 155 Å². The van der Waals surface area contributed by atoms with Crippen LogP contribution in [-0.4, -0.2) is 59.5 Å². The van der Waals surface area contributed by atoms with Gasteiger partial charge in [-0.15, -0.1) is 0 Å². The van der Waals surface area contributed by atoms with Gasteiger partial charge in [0.25, 0.3) is 5.91 Å². The number of aliphatic hydroxyl groups is 2. The lowest BCUT2D eigenvalue weighted by atomic mass is 10.1. The molecule has 0 radical (unpaired) electrons. The number of rotatable bonds is 3. The van der Waals surface area contributed by atoms with E-state index in [-0.39, 0.29) is 23.7 Å². The average Bonchev–Trinajstić information content (AvgIpc) is 3.25. The fraction of sp³-hybridized carbons (Fsp3) is 0.375. The normalized spacial score (nSPS) is 30.4. The molecule has 1 aliphatic heterocycles. The van der Waals surface area contributed by atoms with Gasteiger partial charge in [-0.25, -0.2) is 9.78 Å². The number of aromatic nitrogens is 3. The number of carbonyl (C=O) groups is 1. The van der Waals surface area contributed by atoms with Crippen molar-refractivity contribution in [2.75, 3.05) is 5.32 Å². The van der Waals surface area contributed by atoms with Crippen molar-refractivity contribution >= 4 is 11.7 Å². The van der Waals surface area contributed by atoms with Gasteiger partial charge in [0, 0.05) is 12.6 Å². The third-order valence-corrected chi connectivity index (χ3v) is 4.71. The highest BCUT2D eigenvalue weighted by atomic mass is 19.3. The molecule has 1 saturated heterocycles. The number of hydrogen-bond donors (Lipinski definition) is 4. The molecule has 0 aromatic carbocycles. The number of anilines is 1. The molecule has 2 aromatic rings. The Morgan fingerprint density at radius 1 is 1.32 bits per heavy atom. The highest BCUT2D eigenvalue weighted by Crippen LogP contribution is 2.58. The van der Waals surface area contributed by atoms with Crippen LogP contribution in [0, 0.1) is 0 Å². The lowest BCUT2D eigenvalue weighted by Gasteiger charge is -2.21. The van der Waals surface area contributed by atoms with Crippen molar-refractivity contribution in [2.24, 2.45) is 0 Å². The number of amides is 1. The standard InChI is InChI=1S/C16H14F2N4O6/c17-16(18)12(26)15(5-9(15)24)28-13(16)22-4-3-10(21-14(22)27)20-11(25)8-2-1-7(23)6-19-8/h1-4,6,9,12-13,23-24,26H,5H2,(H,20,21,25,27)/t9?,12-,13-,15?/m1/s1. The number of pyridine rings is 1. The summed E-state index contributed by atoms with van der Waals surface area (Å²) in [5.74, 6) is -4.92. The van der Waals surface area contributed by atoms with Crippen LogP contribution in [0.4, 0.5) is 14.6 Å². The molecule has 4 rings (SSSR count). The molecule has 1 saturated carbocycles. The third kappa shape index (κ3) is 2.73. The Hall–Kier alpha value is -2.96. The molecule has 1 spiro atoms. The molecule has 2 aliphatic rings. The van der Waals surface area contributed by atoms with E-state index in [1.165, 1.54) is 12.1 Å². The molecule has 1 amide bonds. The van der Waals surface area contributed by atoms with Gasteiger partial charge in [0.1, 0.15) is 22.9 Å². The van der Waals surface area contributed by atoms with Crippen LogP contribution in [0.3, 0.4) is 0 Å². The van der Waals surface area contributed by atoms with Gasteiger partial charge in [-0.1, -0.05) is 0 Å². The fourth-order valence-electron chi connectivity index (χ4n) is 3.08. The molecule has 3 heterocycles. The second-order valence-electron chi connectivity index (χ2n) is 6.58. The topological polar surface area (TPSA) is 147 Å². The lowest BCUT2D eigenvalue weighted by Crippen LogP contribution is -2.42. The minimum absolute atomic E-state index is 0.0674. The van der Waals surface area contributed by atoms with Crippen molar-refractivity contribution < 1.29 is 33.6 Å². The summed E-state index contributed by atoms with van der Waals surface area (Å²) in [6.45, 7) is 0. The minimum Gasteiger partial charge on any atom is -0.506 e. The van der Waals surface area contributed by atoms with E-state index in [1.54, 1.807) is 0 Å². The Kier molecular flexibility index (Phi) is 3.96. The van der Waals surface area contributed by atoms with Gasteiger partial charge >= 0.3 is 11.6 Å². The van der Waals surface area contributed by atoms with Crippen molar-refractivity contribution in [1.29, 1.82) is 0 Å². The highest BCUT2D eigenvalue weighted by molar-refractivity contribution is 6.02. The summed E-state index contributed by atoms with van der Waals surface area (Å²) in [5, 5.41) is 30.8. The van der Waals surface area contributed by atoms with Crippen LogP contribution >= 0.6 is 0 Å². The smallest absolute Gasteiger partial charge is 0.351 e. The van der Waals surface area contributed by atoms with Gasteiger partial charge < -0.3 is 25.4 Å². The highest BCUT2D eigenvalue weighted by Gasteiger charge is 2.76. The predicted octanol–water partition coefficient (Wildman–Crippen LogP) is -0.375. The maximum Gasteiger partial charge on any atom is 0.351 e. The van der Waals surface area contributed by atoms with Gasteiger partial charge in [-0.3, -0.25) is 9.36 Å². The second-order valence-corrected chi connectivity index (χ2v) is 6.58. The number of nitrogens with zero attached hydrogens (tertiary/aromatic N) is 3. The largest absolute Gasteiger partial charge is 0.506 e. The Bertz CT molecular complexity index is 997. The molecule has 2 aromatic heterocycles. The van der Waals surface area contributed by atoms with Crippen LogP contribution in [0.1, 0.15) is 23.1 Å². The predicted molar refractivity (Wildman–Crippen MR) is 86.8 cm³/mol. The summed E-state index contributed by atoms with van der Waals surface area (Å²) >= 11 is 0. The number of alkyl halides is 2. The number of nitrogens with one attached hydrogen (secondary N) is 1. The van der Waals surface area contributed by atoms with Gasteiger partial charge in [-0.2, -0.15) is 13.8 Å². The summed E-state index contributed by atoms with van der Waals surface area (Å²) in [7, 11) is 0. The first-order valence-electron chi connectivity index (χ1n) is 8.12. The molecule has 4 N–H and O–H groups in total. The zero-order valence-electron chi connectivity index (χ0n) is 14.0. The van der Waals surface area contributed by atoms with E-state index in [4.69, 9.17) is 9.84 Å². The third-order valence-electron chi connectivity index (χ3n) is 4.71. The molecule has 10 nitrogen and oxygen atoms in total. The van der Waals surface area contributed by atoms with E-state index < -0.39 is 41.6 Å². The SMILES string of the molecule is O=C(Nc1ccn([C@@H]2OC3(CC3O)[C@@H](O)C2(F)F)c(=O)n1)c1ccc(O)cn1. The van der Waals surface area contributed by atoms with Gasteiger partial charge in [-0.05, 0) is 18.2 Å². The van der Waals surface area contributed by atoms with Crippen molar-refractivity contribution in [3.8, 4) is 5.75 Å². The van der Waals surface area contributed by atoms with E-state index in [0.29, 0.717) is 4.57 Å². The van der Waals surface area contributed by atoms with E-state index in [0.717, 1.165) is 18.5 Å². The summed E-state index contributed by atoms with van der Waals surface area (Å²) in [6, 6.07) is 3.57. The van der Waals surface area contributed by atoms with Crippen molar-refractivity contribution in [1.82, 2.24) is 14.5 Å². The van der Waals surface area contributed by atoms with Crippen LogP contribution in [0.5, 0.6) is 5.75 Å². The van der Waals surface area contributed by atoms with E-state index in [9.17, 15) is 28.6 Å². The quantitative estimate of drug-likeness (QED) is 0.549. The zero-order valence-corrected chi connectivity index (χ0v) is 14.0. The number of carbonyl (C=O) groups excluding carboxylic acids is 1. The van der Waals surface area contributed by atoms with Crippen LogP contribution in [0.2, 0.25) is 0 Å². The first-order valence-corrected chi connectivity index (χ1v) is 8.12. The fourth-order valence-corrected chi connectivity index (χ4v) is 3.08. The number of aromatic hydroxyl groups is 1. The molecule has 148 valence electrons. The second kappa shape index (κ2) is 6.02. The summed E-state index contributed by atoms with van der Waals surface area (Å²) < 4.78 is 34.3. The van der Waals surface area contributed by atoms with Gasteiger partial charge in [0.05, 0.1) is 12.3 Å². The molecule has 2 fully saturated rings. The van der Waals surface area contributed by atoms with Crippen LogP contribution in [-0.2, 0) is 4.74 Å². The molecule has 0 bridgehead atoms. The Morgan fingerprint density at radius 2 is 2.04 bits per heavy atom. The zero-order chi connectivity index (χ0) is 20.3. The average molecular weight is 396 g/mol. The molecule has 4 atom stereocenters. The number of ether oxygens (including phenoxy) is 1. The summed E-state index contributed by atoms with van der Waals surface area (Å²) in [5.41, 5.74) is -3.02. The molecule has 28 heavy (non-hydrogen) atoms. The lowest BCUT2D eigenvalue weighted by molar-refractivity contribution is -0.141. The minimum atomic E-state index is -3.83. The molecular weight excluding hydrogens is 382 g/mol. The first-order chi connectivity index (χ1) is 13.1. The van der Waals surface area contributed by atoms with E-state index >= 15 is 0 Å². The molecule has 2 unspecified atom stereocenters. The van der Waals surface area contributed by atoms with Crippen molar-refractivity contribution in [2.45, 2.75) is 36.4 Å². The van der Waals surface area contributed by atoms with Gasteiger partial charge in [0.15, 0.2) is 6.10 Å². The maximum atomic E-state index is 14.4. The first kappa shape index (κ1) is 18.4. The molecule has 12 heteroatoms. The number of halogens is 2. The Balaban J connectivity index is 1.56. The number of hydrogen-bond acceptors (Lipinski definition) is 8. The number of aliphatic hydroxyl groups excluding tert-OH is 2. The summed E-state index contributed by atoms with van der Waals surface area (Å²) in [4.78, 5) is 31.4. The van der Waals surface area contributed by atoms with Crippen LogP contribution in [0.25, 0.3) is 0 Å². The van der Waals surface area contributed by atoms with Crippen LogP contribution in [0.15, 0.2) is 35.4 Å². The van der Waals surface area contributed by atoms with Gasteiger partial charge in [0.2, 0.25) is 6.23 Å². The van der Waals surface area contributed by atoms with E-state index in [1.807, 2.05) is 0 Å². The van der Waals surface area contributed by atoms with Crippen molar-refractivity contribution in [3.05, 3.63) is 46.8 Å². The van der Waals surface area contributed by atoms with E-state index in [2.05, 4.69) is 15.3 Å². The Morgan fingerprint density at radius 3 is 2.57 bits per heavy atom. The molecular formula is C16H14F2N4O6. The van der Waals surface area contributed by atoms with Crippen molar-refractivity contribution in [3.63, 3.8) is 0 Å².